The van der Waals surface area contributed by atoms with Crippen molar-refractivity contribution in [1.29, 1.82) is 0 Å². The van der Waals surface area contributed by atoms with Crippen LogP contribution >= 0.6 is 0 Å². The van der Waals surface area contributed by atoms with Crippen LogP contribution < -0.4 is 0 Å². The fourth-order valence-electron chi connectivity index (χ4n) is 6.44. The van der Waals surface area contributed by atoms with Crippen LogP contribution in [0.25, 0.3) is 0 Å². The van der Waals surface area contributed by atoms with E-state index in [4.69, 9.17) is 18.9 Å². The summed E-state index contributed by atoms with van der Waals surface area (Å²) >= 11 is 0. The molecule has 2 aliphatic carbocycles. The lowest BCUT2D eigenvalue weighted by atomic mass is 9.74. The molecule has 0 radical (unpaired) electrons. The van der Waals surface area contributed by atoms with Crippen LogP contribution in [0.4, 0.5) is 0 Å². The summed E-state index contributed by atoms with van der Waals surface area (Å²) < 4.78 is 25.2. The quantitative estimate of drug-likeness (QED) is 0.593. The molecule has 2 heterocycles. The summed E-state index contributed by atoms with van der Waals surface area (Å²) in [5, 5.41) is 0. The van der Waals surface area contributed by atoms with Crippen molar-refractivity contribution in [3.63, 3.8) is 0 Å². The second-order valence-corrected chi connectivity index (χ2v) is 10.7. The van der Waals surface area contributed by atoms with E-state index in [1.54, 1.807) is 0 Å². The molecule has 0 aromatic carbocycles. The van der Waals surface area contributed by atoms with E-state index in [9.17, 15) is 0 Å². The van der Waals surface area contributed by atoms with E-state index in [-0.39, 0.29) is 18.0 Å². The third-order valence-corrected chi connectivity index (χ3v) is 7.75. The summed E-state index contributed by atoms with van der Waals surface area (Å²) in [7, 11) is 0. The summed E-state index contributed by atoms with van der Waals surface area (Å²) in [6.45, 7) is 16.4. The van der Waals surface area contributed by atoms with E-state index in [1.165, 1.54) is 11.1 Å². The molecule has 29 heavy (non-hydrogen) atoms. The number of rotatable bonds is 2. The van der Waals surface area contributed by atoms with E-state index in [2.05, 4.69) is 53.7 Å². The largest absolute Gasteiger partial charge is 0.351 e. The van der Waals surface area contributed by atoms with Gasteiger partial charge in [0.2, 0.25) is 0 Å². The molecular formula is C25H40O4. The molecule has 0 amide bonds. The van der Waals surface area contributed by atoms with Gasteiger partial charge < -0.3 is 18.9 Å². The van der Waals surface area contributed by atoms with Gasteiger partial charge in [0, 0.05) is 11.8 Å². The van der Waals surface area contributed by atoms with Crippen LogP contribution in [-0.4, -0.2) is 39.0 Å². The van der Waals surface area contributed by atoms with Gasteiger partial charge in [0.15, 0.2) is 12.6 Å². The summed E-state index contributed by atoms with van der Waals surface area (Å²) in [6.07, 6.45) is 6.84. The Labute approximate surface area is 177 Å². The van der Waals surface area contributed by atoms with Crippen molar-refractivity contribution < 1.29 is 18.9 Å². The Morgan fingerprint density at radius 1 is 0.655 bits per heavy atom. The van der Waals surface area contributed by atoms with Crippen molar-refractivity contribution in [3.05, 3.63) is 23.3 Å². The van der Waals surface area contributed by atoms with Crippen LogP contribution in [-0.2, 0) is 18.9 Å². The van der Waals surface area contributed by atoms with Crippen molar-refractivity contribution in [3.8, 4) is 0 Å². The lowest BCUT2D eigenvalue weighted by Gasteiger charge is -2.49. The Morgan fingerprint density at radius 2 is 1.00 bits per heavy atom. The highest BCUT2D eigenvalue weighted by Crippen LogP contribution is 2.43. The van der Waals surface area contributed by atoms with Gasteiger partial charge in [0.05, 0.1) is 31.8 Å². The maximum Gasteiger partial charge on any atom is 0.161 e. The van der Waals surface area contributed by atoms with Crippen LogP contribution in [0.3, 0.4) is 0 Å². The number of ether oxygens (including phenoxy) is 4. The van der Waals surface area contributed by atoms with Gasteiger partial charge in [-0.3, -0.25) is 0 Å². The van der Waals surface area contributed by atoms with Gasteiger partial charge in [-0.05, 0) is 50.4 Å². The average molecular weight is 405 g/mol. The summed E-state index contributed by atoms with van der Waals surface area (Å²) in [5.74, 6) is 3.01. The van der Waals surface area contributed by atoms with E-state index < -0.39 is 0 Å². The smallest absolute Gasteiger partial charge is 0.161 e. The summed E-state index contributed by atoms with van der Waals surface area (Å²) in [5.41, 5.74) is 2.82. The highest BCUT2D eigenvalue weighted by Gasteiger charge is 2.47. The number of allylic oxidation sites excluding steroid dienone is 4. The van der Waals surface area contributed by atoms with Gasteiger partial charge in [-0.25, -0.2) is 0 Å². The molecule has 0 bridgehead atoms. The SMILES string of the molecule is CC1=C[C@@H](C)[C@@H](C2OCC3(CO2)COC([C@H]2[C@@H](C)C=C(C)C[C@@H]2C)OC3)[C@H](C)C1. The zero-order valence-corrected chi connectivity index (χ0v) is 19.1. The predicted molar refractivity (Wildman–Crippen MR) is 114 cm³/mol. The van der Waals surface area contributed by atoms with Crippen LogP contribution in [0.5, 0.6) is 0 Å². The number of hydrogen-bond donors (Lipinski definition) is 0. The van der Waals surface area contributed by atoms with Crippen molar-refractivity contribution in [1.82, 2.24) is 0 Å². The van der Waals surface area contributed by atoms with Crippen molar-refractivity contribution >= 4 is 0 Å². The fraction of sp³-hybridized carbons (Fsp3) is 0.840. The van der Waals surface area contributed by atoms with Crippen molar-refractivity contribution in [2.45, 2.75) is 67.0 Å². The first-order valence-corrected chi connectivity index (χ1v) is 11.6. The second-order valence-electron chi connectivity index (χ2n) is 10.7. The van der Waals surface area contributed by atoms with Gasteiger partial charge in [-0.15, -0.1) is 0 Å². The summed E-state index contributed by atoms with van der Waals surface area (Å²) in [6, 6.07) is 0. The molecule has 4 nitrogen and oxygen atoms in total. The van der Waals surface area contributed by atoms with Gasteiger partial charge in [0.25, 0.3) is 0 Å². The Morgan fingerprint density at radius 3 is 1.31 bits per heavy atom. The molecule has 0 saturated carbocycles. The molecule has 0 aromatic rings. The molecule has 6 atom stereocenters. The molecule has 4 rings (SSSR count). The lowest BCUT2D eigenvalue weighted by Crippen LogP contribution is -2.56. The first-order chi connectivity index (χ1) is 13.8. The molecule has 164 valence electrons. The monoisotopic (exact) mass is 404 g/mol. The minimum absolute atomic E-state index is 0.112. The first-order valence-electron chi connectivity index (χ1n) is 11.6. The van der Waals surface area contributed by atoms with E-state index in [0.29, 0.717) is 61.9 Å². The lowest BCUT2D eigenvalue weighted by molar-refractivity contribution is -0.327. The molecule has 0 N–H and O–H groups in total. The zero-order chi connectivity index (χ0) is 20.8. The molecule has 2 fully saturated rings. The average Bonchev–Trinajstić information content (AvgIpc) is 2.63. The number of hydrogen-bond acceptors (Lipinski definition) is 4. The van der Waals surface area contributed by atoms with Crippen LogP contribution in [0.2, 0.25) is 0 Å². The molecule has 0 unspecified atom stereocenters. The Bertz CT molecular complexity index is 578. The Hall–Kier alpha value is -0.680. The van der Waals surface area contributed by atoms with Gasteiger partial charge in [-0.1, -0.05) is 51.0 Å². The molecule has 0 aromatic heterocycles. The van der Waals surface area contributed by atoms with Crippen molar-refractivity contribution in [2.24, 2.45) is 40.9 Å². The maximum atomic E-state index is 6.30. The predicted octanol–water partition coefficient (Wildman–Crippen LogP) is 5.20. The van der Waals surface area contributed by atoms with E-state index >= 15 is 0 Å². The van der Waals surface area contributed by atoms with Crippen LogP contribution in [0.1, 0.15) is 54.4 Å². The molecule has 4 heteroatoms. The van der Waals surface area contributed by atoms with E-state index in [1.807, 2.05) is 0 Å². The normalized spacial score (nSPS) is 48.9. The van der Waals surface area contributed by atoms with Crippen LogP contribution in [0, 0.1) is 40.9 Å². The molecule has 2 aliphatic heterocycles. The molecule has 1 spiro atoms. The summed E-state index contributed by atoms with van der Waals surface area (Å²) in [4.78, 5) is 0. The zero-order valence-electron chi connectivity index (χ0n) is 19.1. The third-order valence-electron chi connectivity index (χ3n) is 7.75. The Balaban J connectivity index is 1.33. The minimum atomic E-state index is -0.160. The highest BCUT2D eigenvalue weighted by molar-refractivity contribution is 5.10. The standard InChI is InChI=1S/C25H40O4/c1-15-7-17(3)21(18(4)8-15)23-26-11-25(12-27-23)13-28-24(29-14-25)22-19(5)9-16(2)10-20(22)6/h7,9,17-24H,8,10-14H2,1-6H3/t17-,18-,19+,20+,21-,22+,23?,24?,25?. The minimum Gasteiger partial charge on any atom is -0.351 e. The second kappa shape index (κ2) is 8.45. The molecule has 2 saturated heterocycles. The molecular weight excluding hydrogens is 364 g/mol. The highest BCUT2D eigenvalue weighted by atomic mass is 16.7. The van der Waals surface area contributed by atoms with E-state index in [0.717, 1.165) is 12.8 Å². The van der Waals surface area contributed by atoms with Crippen LogP contribution in [0.15, 0.2) is 23.3 Å². The molecule has 4 aliphatic rings. The Kier molecular flexibility index (Phi) is 6.28. The topological polar surface area (TPSA) is 36.9 Å². The van der Waals surface area contributed by atoms with Gasteiger partial charge in [0.1, 0.15) is 0 Å². The maximum absolute atomic E-state index is 6.30. The fourth-order valence-corrected chi connectivity index (χ4v) is 6.44. The van der Waals surface area contributed by atoms with Gasteiger partial charge in [-0.2, -0.15) is 0 Å². The first kappa shape index (κ1) is 21.5. The van der Waals surface area contributed by atoms with Gasteiger partial charge >= 0.3 is 0 Å². The van der Waals surface area contributed by atoms with Crippen molar-refractivity contribution in [2.75, 3.05) is 26.4 Å². The third kappa shape index (κ3) is 4.37.